The van der Waals surface area contributed by atoms with E-state index in [9.17, 15) is 13.2 Å². The van der Waals surface area contributed by atoms with Gasteiger partial charge in [-0.2, -0.15) is 0 Å². The van der Waals surface area contributed by atoms with Gasteiger partial charge in [0.1, 0.15) is 11.6 Å². The second-order valence-electron chi connectivity index (χ2n) is 9.95. The first-order chi connectivity index (χ1) is 15.5. The van der Waals surface area contributed by atoms with Gasteiger partial charge >= 0.3 is 0 Å². The lowest BCUT2D eigenvalue weighted by atomic mass is 9.75. The molecule has 2 atom stereocenters. The molecule has 4 heteroatoms. The van der Waals surface area contributed by atoms with E-state index in [4.69, 9.17) is 4.74 Å². The van der Waals surface area contributed by atoms with Crippen LogP contribution in [0.5, 0.6) is 5.75 Å². The highest BCUT2D eigenvalue weighted by atomic mass is 19.2. The Morgan fingerprint density at radius 2 is 1.56 bits per heavy atom. The summed E-state index contributed by atoms with van der Waals surface area (Å²) in [6, 6.07) is 5.08. The summed E-state index contributed by atoms with van der Waals surface area (Å²) in [7, 11) is 1.54. The zero-order valence-corrected chi connectivity index (χ0v) is 19.2. The third-order valence-corrected chi connectivity index (χ3v) is 7.83. The molecule has 3 aliphatic rings. The number of hydrogen-bond acceptors (Lipinski definition) is 1. The average Bonchev–Trinajstić information content (AvgIpc) is 2.81. The van der Waals surface area contributed by atoms with Gasteiger partial charge < -0.3 is 4.74 Å². The summed E-state index contributed by atoms with van der Waals surface area (Å²) < 4.78 is 49.3. The van der Waals surface area contributed by atoms with Gasteiger partial charge in [-0.3, -0.25) is 0 Å². The average molecular weight is 445 g/mol. The maximum Gasteiger partial charge on any atom is 0.160 e. The van der Waals surface area contributed by atoms with Crippen LogP contribution >= 0.6 is 0 Å². The second kappa shape index (κ2) is 10.3. The van der Waals surface area contributed by atoms with Crippen LogP contribution in [0.3, 0.4) is 0 Å². The van der Waals surface area contributed by atoms with Gasteiger partial charge in [-0.05, 0) is 85.0 Å². The summed E-state index contributed by atoms with van der Waals surface area (Å²) in [6.45, 7) is 2.24. The van der Waals surface area contributed by atoms with Gasteiger partial charge in [0, 0.05) is 6.07 Å². The number of alkyl halides is 2. The first-order valence-electron chi connectivity index (χ1n) is 12.2. The molecule has 2 fully saturated rings. The van der Waals surface area contributed by atoms with Crippen molar-refractivity contribution in [1.82, 2.24) is 0 Å². The summed E-state index contributed by atoms with van der Waals surface area (Å²) in [4.78, 5) is 0. The van der Waals surface area contributed by atoms with Crippen molar-refractivity contribution in [1.29, 1.82) is 0 Å². The molecule has 3 aliphatic carbocycles. The molecule has 0 saturated heterocycles. The number of ether oxygens (including phenoxy) is 1. The fourth-order valence-electron chi connectivity index (χ4n) is 5.65. The van der Waals surface area contributed by atoms with E-state index in [1.165, 1.54) is 13.2 Å². The maximum atomic E-state index is 14.9. The van der Waals surface area contributed by atoms with Gasteiger partial charge in [0.2, 0.25) is 0 Å². The minimum atomic E-state index is -1.57. The smallest absolute Gasteiger partial charge is 0.160 e. The highest BCUT2D eigenvalue weighted by Gasteiger charge is 2.35. The Hall–Kier alpha value is -1.97. The first-order valence-corrected chi connectivity index (χ1v) is 12.2. The Balaban J connectivity index is 1.35. The molecule has 1 aromatic carbocycles. The summed E-state index contributed by atoms with van der Waals surface area (Å²) in [5.74, 6) is 1.73. The molecule has 0 heterocycles. The second-order valence-corrected chi connectivity index (χ2v) is 9.95. The Bertz CT molecular complexity index is 871. The lowest BCUT2D eigenvalue weighted by Crippen LogP contribution is -2.29. The molecule has 32 heavy (non-hydrogen) atoms. The number of halogens is 3. The number of benzene rings is 1. The van der Waals surface area contributed by atoms with Crippen molar-refractivity contribution in [3.8, 4) is 5.75 Å². The first kappa shape index (κ1) is 23.2. The zero-order valence-electron chi connectivity index (χ0n) is 19.2. The van der Waals surface area contributed by atoms with Crippen molar-refractivity contribution in [2.24, 2.45) is 17.8 Å². The van der Waals surface area contributed by atoms with Crippen LogP contribution in [-0.4, -0.2) is 19.5 Å². The molecule has 2 saturated carbocycles. The van der Waals surface area contributed by atoms with E-state index in [0.717, 1.165) is 56.9 Å². The zero-order chi connectivity index (χ0) is 22.7. The number of allylic oxidation sites excluding steroid dienone is 6. The van der Waals surface area contributed by atoms with E-state index in [0.29, 0.717) is 28.7 Å². The molecule has 0 spiro atoms. The molecule has 0 aromatic heterocycles. The Labute approximate surface area is 190 Å². The summed E-state index contributed by atoms with van der Waals surface area (Å²) in [5, 5.41) is 0. The predicted molar refractivity (Wildman–Crippen MR) is 124 cm³/mol. The molecule has 0 aliphatic heterocycles. The predicted octanol–water partition coefficient (Wildman–Crippen LogP) is 8.03. The van der Waals surface area contributed by atoms with E-state index in [1.807, 2.05) is 24.3 Å². The summed E-state index contributed by atoms with van der Waals surface area (Å²) >= 11 is 0. The van der Waals surface area contributed by atoms with Crippen LogP contribution in [0.1, 0.15) is 69.8 Å². The normalized spacial score (nSPS) is 33.7. The Morgan fingerprint density at radius 3 is 2.22 bits per heavy atom. The molecule has 4 rings (SSSR count). The topological polar surface area (TPSA) is 9.23 Å². The molecular formula is C28H35F3O. The third kappa shape index (κ3) is 5.15. The highest BCUT2D eigenvalue weighted by Crippen LogP contribution is 2.40. The highest BCUT2D eigenvalue weighted by molar-refractivity contribution is 5.39. The van der Waals surface area contributed by atoms with E-state index < -0.39 is 12.3 Å². The van der Waals surface area contributed by atoms with Crippen molar-refractivity contribution in [2.45, 2.75) is 76.6 Å². The van der Waals surface area contributed by atoms with Gasteiger partial charge in [-0.15, -0.1) is 0 Å². The van der Waals surface area contributed by atoms with E-state index in [1.54, 1.807) is 12.2 Å². The van der Waals surface area contributed by atoms with E-state index >= 15 is 0 Å². The SMILES string of the molecule is COc1ccc(C2CCC(/C=C/C3=CC=C(C4CCC(C)CC4)C(F)C3F)CC2)c(F)c1. The van der Waals surface area contributed by atoms with Crippen LogP contribution in [0, 0.1) is 23.6 Å². The van der Waals surface area contributed by atoms with Crippen LogP contribution in [0.15, 0.2) is 53.6 Å². The maximum absolute atomic E-state index is 14.9. The Kier molecular flexibility index (Phi) is 7.48. The largest absolute Gasteiger partial charge is 0.497 e. The van der Waals surface area contributed by atoms with Gasteiger partial charge in [-0.1, -0.05) is 50.1 Å². The number of hydrogen-bond donors (Lipinski definition) is 0. The van der Waals surface area contributed by atoms with Crippen LogP contribution in [-0.2, 0) is 0 Å². The van der Waals surface area contributed by atoms with Crippen LogP contribution < -0.4 is 4.74 Å². The molecular weight excluding hydrogens is 409 g/mol. The lowest BCUT2D eigenvalue weighted by molar-refractivity contribution is 0.198. The van der Waals surface area contributed by atoms with Crippen LogP contribution in [0.25, 0.3) is 0 Å². The molecule has 0 amide bonds. The van der Waals surface area contributed by atoms with Crippen molar-refractivity contribution in [3.63, 3.8) is 0 Å². The third-order valence-electron chi connectivity index (χ3n) is 7.83. The molecule has 0 radical (unpaired) electrons. The molecule has 0 N–H and O–H groups in total. The Morgan fingerprint density at radius 1 is 0.875 bits per heavy atom. The van der Waals surface area contributed by atoms with Gasteiger partial charge in [0.25, 0.3) is 0 Å². The molecule has 0 bridgehead atoms. The van der Waals surface area contributed by atoms with Gasteiger partial charge in [0.15, 0.2) is 12.3 Å². The van der Waals surface area contributed by atoms with Crippen molar-refractivity contribution in [2.75, 3.05) is 7.11 Å². The quantitative estimate of drug-likeness (QED) is 0.447. The fourth-order valence-corrected chi connectivity index (χ4v) is 5.65. The van der Waals surface area contributed by atoms with Crippen molar-refractivity contribution < 1.29 is 17.9 Å². The lowest BCUT2D eigenvalue weighted by Gasteiger charge is -2.32. The molecule has 1 nitrogen and oxygen atoms in total. The van der Waals surface area contributed by atoms with Crippen molar-refractivity contribution >= 4 is 0 Å². The van der Waals surface area contributed by atoms with Crippen LogP contribution in [0.2, 0.25) is 0 Å². The fraction of sp³-hybridized carbons (Fsp3) is 0.571. The molecule has 2 unspecified atom stereocenters. The molecule has 174 valence electrons. The number of rotatable bonds is 5. The van der Waals surface area contributed by atoms with E-state index in [2.05, 4.69) is 6.92 Å². The monoisotopic (exact) mass is 444 g/mol. The summed E-state index contributed by atoms with van der Waals surface area (Å²) in [6.07, 6.45) is 12.1. The van der Waals surface area contributed by atoms with Crippen molar-refractivity contribution in [3.05, 3.63) is 65.0 Å². The van der Waals surface area contributed by atoms with Crippen LogP contribution in [0.4, 0.5) is 13.2 Å². The van der Waals surface area contributed by atoms with Gasteiger partial charge in [0.05, 0.1) is 7.11 Å². The minimum Gasteiger partial charge on any atom is -0.497 e. The molecule has 1 aromatic rings. The summed E-state index contributed by atoms with van der Waals surface area (Å²) in [5.41, 5.74) is 1.85. The standard InChI is InChI=1S/C28H35F3O/c1-18-3-8-21(9-4-18)25-15-13-22(27(30)28(25)31)12-7-19-5-10-20(11-6-19)24-16-14-23(32-2)17-26(24)29/h7,12-21,27-28H,3-6,8-11H2,1-2H3/b12-7+. The number of methoxy groups -OCH3 is 1. The minimum absolute atomic E-state index is 0.190. The van der Waals surface area contributed by atoms with E-state index in [-0.39, 0.29) is 17.7 Å². The van der Waals surface area contributed by atoms with Gasteiger partial charge in [-0.25, -0.2) is 13.2 Å².